The van der Waals surface area contributed by atoms with Gasteiger partial charge in [0.15, 0.2) is 0 Å². The summed E-state index contributed by atoms with van der Waals surface area (Å²) < 4.78 is 0. The monoisotopic (exact) mass is 397 g/mol. The van der Waals surface area contributed by atoms with Gasteiger partial charge in [0.25, 0.3) is 11.8 Å². The lowest BCUT2D eigenvalue weighted by atomic mass is 9.85. The number of carbonyl (C=O) groups excluding carboxylic acids is 2. The summed E-state index contributed by atoms with van der Waals surface area (Å²) in [6, 6.07) is -1.40. The molecule has 0 aliphatic carbocycles. The van der Waals surface area contributed by atoms with Crippen LogP contribution < -0.4 is 0 Å². The average Bonchev–Trinajstić information content (AvgIpc) is 2.66. The molecule has 5 nitrogen and oxygen atoms in total. The van der Waals surface area contributed by atoms with Crippen molar-refractivity contribution in [3.8, 4) is 0 Å². The van der Waals surface area contributed by atoms with Crippen molar-refractivity contribution in [3.63, 3.8) is 0 Å². The Morgan fingerprint density at radius 2 is 1.26 bits per heavy atom. The van der Waals surface area contributed by atoms with Crippen molar-refractivity contribution in [1.82, 2.24) is 4.90 Å². The van der Waals surface area contributed by atoms with Gasteiger partial charge in [-0.15, -0.1) is 0 Å². The Morgan fingerprint density at radius 1 is 0.913 bits per heavy atom. The van der Waals surface area contributed by atoms with E-state index in [0.29, 0.717) is 4.90 Å². The first-order chi connectivity index (χ1) is 10.4. The summed E-state index contributed by atoms with van der Waals surface area (Å²) in [4.78, 5) is 37.5. The largest absolute Gasteiger partial charge is 0.480 e. The van der Waals surface area contributed by atoms with Crippen LogP contribution in [0.5, 0.6) is 0 Å². The number of halogens is 4. The second-order valence-electron chi connectivity index (χ2n) is 6.09. The maximum atomic E-state index is 12.6. The van der Waals surface area contributed by atoms with Crippen LogP contribution in [0.4, 0.5) is 0 Å². The Bertz CT molecular complexity index is 707. The Kier molecular flexibility index (Phi) is 4.63. The molecule has 0 radical (unpaired) electrons. The molecule has 1 aromatic carbocycles. The van der Waals surface area contributed by atoms with Crippen LogP contribution in [0.2, 0.25) is 20.1 Å². The van der Waals surface area contributed by atoms with Gasteiger partial charge in [-0.1, -0.05) is 67.2 Å². The molecule has 1 atom stereocenters. The minimum atomic E-state index is -1.40. The second kappa shape index (κ2) is 5.81. The summed E-state index contributed by atoms with van der Waals surface area (Å²) in [7, 11) is 0. The molecule has 1 N–H and O–H groups in total. The van der Waals surface area contributed by atoms with Gasteiger partial charge in [-0.3, -0.25) is 14.5 Å². The fraction of sp³-hybridized carbons (Fsp3) is 0.357. The number of rotatable bonds is 2. The number of imide groups is 1. The maximum absolute atomic E-state index is 12.6. The highest BCUT2D eigenvalue weighted by molar-refractivity contribution is 6.55. The lowest BCUT2D eigenvalue weighted by molar-refractivity contribution is -0.145. The maximum Gasteiger partial charge on any atom is 0.327 e. The van der Waals surface area contributed by atoms with Gasteiger partial charge < -0.3 is 5.11 Å². The van der Waals surface area contributed by atoms with Gasteiger partial charge >= 0.3 is 5.97 Å². The number of nitrogens with zero attached hydrogens (tertiary/aromatic N) is 1. The first kappa shape index (κ1) is 18.3. The number of hydrogen-bond donors (Lipinski definition) is 1. The van der Waals surface area contributed by atoms with E-state index in [-0.39, 0.29) is 31.2 Å². The minimum Gasteiger partial charge on any atom is -0.480 e. The molecule has 23 heavy (non-hydrogen) atoms. The zero-order chi connectivity index (χ0) is 17.9. The molecule has 1 heterocycles. The molecular weight excluding hydrogens is 388 g/mol. The van der Waals surface area contributed by atoms with Crippen LogP contribution in [-0.2, 0) is 4.79 Å². The normalized spacial score (nSPS) is 15.9. The van der Waals surface area contributed by atoms with Crippen molar-refractivity contribution in [2.24, 2.45) is 5.41 Å². The third kappa shape index (κ3) is 2.70. The lowest BCUT2D eigenvalue weighted by Crippen LogP contribution is -2.52. The highest BCUT2D eigenvalue weighted by atomic mass is 35.5. The predicted octanol–water partition coefficient (Wildman–Crippen LogP) is 4.40. The first-order valence-electron chi connectivity index (χ1n) is 6.37. The van der Waals surface area contributed by atoms with Crippen molar-refractivity contribution < 1.29 is 19.5 Å². The van der Waals surface area contributed by atoms with Gasteiger partial charge in [0.05, 0.1) is 31.2 Å². The van der Waals surface area contributed by atoms with Gasteiger partial charge in [0.2, 0.25) is 0 Å². The van der Waals surface area contributed by atoms with Crippen LogP contribution in [0.3, 0.4) is 0 Å². The van der Waals surface area contributed by atoms with E-state index >= 15 is 0 Å². The summed E-state index contributed by atoms with van der Waals surface area (Å²) in [6.07, 6.45) is 0. The quantitative estimate of drug-likeness (QED) is 0.455. The Hall–Kier alpha value is -1.01. The Labute approximate surface area is 152 Å². The van der Waals surface area contributed by atoms with Crippen molar-refractivity contribution in [2.45, 2.75) is 26.8 Å². The van der Waals surface area contributed by atoms with E-state index in [1.807, 2.05) is 0 Å². The van der Waals surface area contributed by atoms with Crippen molar-refractivity contribution in [2.75, 3.05) is 0 Å². The molecule has 1 aliphatic rings. The van der Waals surface area contributed by atoms with Gasteiger partial charge in [0.1, 0.15) is 6.04 Å². The first-order valence-corrected chi connectivity index (χ1v) is 7.89. The number of aliphatic carboxylic acids is 1. The number of fused-ring (bicyclic) bond motifs is 1. The molecule has 1 aromatic rings. The molecule has 1 aliphatic heterocycles. The van der Waals surface area contributed by atoms with Crippen molar-refractivity contribution >= 4 is 64.2 Å². The molecule has 2 rings (SSSR count). The highest BCUT2D eigenvalue weighted by Gasteiger charge is 2.50. The number of amides is 2. The molecule has 2 amide bonds. The van der Waals surface area contributed by atoms with Crippen LogP contribution in [0, 0.1) is 5.41 Å². The van der Waals surface area contributed by atoms with Gasteiger partial charge in [-0.2, -0.15) is 0 Å². The van der Waals surface area contributed by atoms with E-state index in [2.05, 4.69) is 0 Å². The van der Waals surface area contributed by atoms with Crippen LogP contribution in [0.1, 0.15) is 41.5 Å². The van der Waals surface area contributed by atoms with Gasteiger partial charge in [0, 0.05) is 0 Å². The molecule has 124 valence electrons. The average molecular weight is 399 g/mol. The predicted molar refractivity (Wildman–Crippen MR) is 87.9 cm³/mol. The SMILES string of the molecule is CC(C)(C)[C@@H](C(=O)O)N1C(=O)c2c(Cl)c(Cl)c(Cl)c(Cl)c2C1=O. The van der Waals surface area contributed by atoms with E-state index in [0.717, 1.165) is 0 Å². The fourth-order valence-electron chi connectivity index (χ4n) is 2.47. The van der Waals surface area contributed by atoms with Crippen LogP contribution in [0.25, 0.3) is 0 Å². The number of hydrogen-bond acceptors (Lipinski definition) is 3. The summed E-state index contributed by atoms with van der Waals surface area (Å²) in [5.41, 5.74) is -1.37. The third-order valence-electron chi connectivity index (χ3n) is 3.44. The fourth-order valence-corrected chi connectivity index (χ4v) is 3.48. The summed E-state index contributed by atoms with van der Waals surface area (Å²) >= 11 is 23.9. The summed E-state index contributed by atoms with van der Waals surface area (Å²) in [5.74, 6) is -3.05. The second-order valence-corrected chi connectivity index (χ2v) is 7.60. The number of benzene rings is 1. The van der Waals surface area contributed by atoms with Gasteiger partial charge in [-0.25, -0.2) is 4.79 Å². The topological polar surface area (TPSA) is 74.7 Å². The molecule has 0 bridgehead atoms. The summed E-state index contributed by atoms with van der Waals surface area (Å²) in [6.45, 7) is 4.79. The van der Waals surface area contributed by atoms with Crippen molar-refractivity contribution in [1.29, 1.82) is 0 Å². The zero-order valence-electron chi connectivity index (χ0n) is 12.2. The van der Waals surface area contributed by atoms with E-state index < -0.39 is 29.2 Å². The van der Waals surface area contributed by atoms with Crippen LogP contribution >= 0.6 is 46.4 Å². The minimum absolute atomic E-state index is 0.164. The molecule has 9 heteroatoms. The molecule has 0 fully saturated rings. The third-order valence-corrected chi connectivity index (χ3v) is 5.25. The van der Waals surface area contributed by atoms with Crippen LogP contribution in [0.15, 0.2) is 0 Å². The van der Waals surface area contributed by atoms with E-state index in [9.17, 15) is 19.5 Å². The number of carboxylic acids is 1. The van der Waals surface area contributed by atoms with E-state index in [1.54, 1.807) is 20.8 Å². The summed E-state index contributed by atoms with van der Waals surface area (Å²) in [5, 5.41) is 8.69. The Morgan fingerprint density at radius 3 is 1.52 bits per heavy atom. The molecule has 0 spiro atoms. The number of carbonyl (C=O) groups is 3. The van der Waals surface area contributed by atoms with Crippen LogP contribution in [-0.4, -0.2) is 33.8 Å². The Balaban J connectivity index is 2.74. The highest BCUT2D eigenvalue weighted by Crippen LogP contribution is 2.46. The van der Waals surface area contributed by atoms with E-state index in [4.69, 9.17) is 46.4 Å². The molecule has 0 saturated heterocycles. The molecular formula is C14H11Cl4NO4. The molecule has 0 aromatic heterocycles. The zero-order valence-corrected chi connectivity index (χ0v) is 15.2. The smallest absolute Gasteiger partial charge is 0.327 e. The number of carboxylic acid groups (broad SMARTS) is 1. The molecule has 0 saturated carbocycles. The van der Waals surface area contributed by atoms with E-state index in [1.165, 1.54) is 0 Å². The van der Waals surface area contributed by atoms with Crippen molar-refractivity contribution in [3.05, 3.63) is 31.2 Å². The molecule has 0 unspecified atom stereocenters. The lowest BCUT2D eigenvalue weighted by Gasteiger charge is -2.33. The van der Waals surface area contributed by atoms with Gasteiger partial charge in [-0.05, 0) is 5.41 Å². The standard InChI is InChI=1S/C14H11Cl4NO4/c1-14(2,3)10(13(22)23)19-11(20)4-5(12(19)21)7(16)9(18)8(17)6(4)15/h10H,1-3H3,(H,22,23)/t10-/m1/s1.